The molecule has 0 spiro atoms. The second-order valence-electron chi connectivity index (χ2n) is 6.84. The van der Waals surface area contributed by atoms with Gasteiger partial charge in [-0.25, -0.2) is 4.98 Å². The maximum Gasteiger partial charge on any atom is 0.262 e. The van der Waals surface area contributed by atoms with Crippen molar-refractivity contribution in [3.63, 3.8) is 0 Å². The van der Waals surface area contributed by atoms with Gasteiger partial charge in [0.2, 0.25) is 5.89 Å². The van der Waals surface area contributed by atoms with Gasteiger partial charge < -0.3 is 4.52 Å². The molecule has 0 aliphatic heterocycles. The Balaban J connectivity index is 1.92. The Morgan fingerprint density at radius 2 is 2.11 bits per heavy atom. The maximum absolute atomic E-state index is 13.0. The van der Waals surface area contributed by atoms with E-state index >= 15 is 0 Å². The van der Waals surface area contributed by atoms with Crippen LogP contribution in [0.2, 0.25) is 5.02 Å². The van der Waals surface area contributed by atoms with Crippen LogP contribution < -0.4 is 5.56 Å². The molecule has 0 radical (unpaired) electrons. The van der Waals surface area contributed by atoms with Crippen molar-refractivity contribution in [3.05, 3.63) is 45.3 Å². The minimum Gasteiger partial charge on any atom is -0.339 e. The molecule has 0 bridgehead atoms. The highest BCUT2D eigenvalue weighted by atomic mass is 35.5. The third kappa shape index (κ3) is 4.90. The van der Waals surface area contributed by atoms with Gasteiger partial charge in [0.25, 0.3) is 5.56 Å². The molecule has 0 saturated heterocycles. The number of halogens is 1. The minimum absolute atomic E-state index is 0.0420. The van der Waals surface area contributed by atoms with Crippen LogP contribution in [0.15, 0.2) is 32.7 Å². The van der Waals surface area contributed by atoms with Crippen LogP contribution in [0.25, 0.3) is 10.9 Å². The van der Waals surface area contributed by atoms with Crippen molar-refractivity contribution in [2.24, 2.45) is 5.92 Å². The summed E-state index contributed by atoms with van der Waals surface area (Å²) < 4.78 is 6.98. The average molecular weight is 407 g/mol. The lowest BCUT2D eigenvalue weighted by Crippen LogP contribution is -2.24. The first-order valence-electron chi connectivity index (χ1n) is 9.12. The lowest BCUT2D eigenvalue weighted by atomic mass is 10.1. The monoisotopic (exact) mass is 406 g/mol. The average Bonchev–Trinajstić information content (AvgIpc) is 3.06. The topological polar surface area (TPSA) is 73.8 Å². The van der Waals surface area contributed by atoms with E-state index < -0.39 is 0 Å². The van der Waals surface area contributed by atoms with Gasteiger partial charge in [0.05, 0.1) is 16.7 Å². The summed E-state index contributed by atoms with van der Waals surface area (Å²) in [6.45, 7) is 6.97. The first-order chi connectivity index (χ1) is 13.0. The highest BCUT2D eigenvalue weighted by Crippen LogP contribution is 2.23. The summed E-state index contributed by atoms with van der Waals surface area (Å²) in [4.78, 5) is 22.1. The van der Waals surface area contributed by atoms with Crippen LogP contribution in [0, 0.1) is 5.92 Å². The molecule has 0 unspecified atom stereocenters. The van der Waals surface area contributed by atoms with Gasteiger partial charge in [-0.2, -0.15) is 4.98 Å². The Hall–Kier alpha value is -1.86. The van der Waals surface area contributed by atoms with Gasteiger partial charge in [-0.3, -0.25) is 9.36 Å². The first-order valence-corrected chi connectivity index (χ1v) is 10.5. The van der Waals surface area contributed by atoms with Crippen molar-refractivity contribution in [1.82, 2.24) is 19.7 Å². The minimum atomic E-state index is -0.0420. The highest BCUT2D eigenvalue weighted by Gasteiger charge is 2.14. The molecule has 6 nitrogen and oxygen atoms in total. The number of rotatable bonds is 8. The quantitative estimate of drug-likeness (QED) is 0.398. The van der Waals surface area contributed by atoms with Gasteiger partial charge in [0.15, 0.2) is 11.0 Å². The molecular weight excluding hydrogens is 384 g/mol. The van der Waals surface area contributed by atoms with Crippen LogP contribution in [0.1, 0.15) is 45.3 Å². The zero-order valence-corrected chi connectivity index (χ0v) is 17.3. The highest BCUT2D eigenvalue weighted by molar-refractivity contribution is 7.98. The Labute approximate surface area is 167 Å². The van der Waals surface area contributed by atoms with Crippen molar-refractivity contribution < 1.29 is 4.52 Å². The van der Waals surface area contributed by atoms with Gasteiger partial charge in [-0.15, -0.1) is 0 Å². The molecular formula is C19H23ClN4O2S. The normalized spacial score (nSPS) is 11.6. The molecule has 0 saturated carbocycles. The van der Waals surface area contributed by atoms with Crippen molar-refractivity contribution >= 4 is 34.3 Å². The largest absolute Gasteiger partial charge is 0.339 e. The van der Waals surface area contributed by atoms with E-state index in [1.807, 2.05) is 0 Å². The molecule has 1 aromatic carbocycles. The number of aryl methyl sites for hydroxylation is 1. The molecule has 0 N–H and O–H groups in total. The van der Waals surface area contributed by atoms with Crippen LogP contribution >= 0.6 is 23.4 Å². The second-order valence-corrected chi connectivity index (χ2v) is 8.22. The first kappa shape index (κ1) is 19.9. The Morgan fingerprint density at radius 3 is 2.85 bits per heavy atom. The standard InChI is InChI=1S/C19H23ClN4O2S/c1-4-5-17-22-16(23-26-17)11-27-19-21-15-10-13(20)6-7-14(15)18(25)24(19)9-8-12(2)3/h6-7,10,12H,4-5,8-9,11H2,1-3H3. The third-order valence-corrected chi connectivity index (χ3v) is 5.32. The van der Waals surface area contributed by atoms with Crippen molar-refractivity contribution in [2.75, 3.05) is 0 Å². The fraction of sp³-hybridized carbons (Fsp3) is 0.474. The molecule has 0 aliphatic rings. The van der Waals surface area contributed by atoms with Crippen LogP contribution in [-0.4, -0.2) is 19.7 Å². The van der Waals surface area contributed by atoms with E-state index in [1.165, 1.54) is 11.8 Å². The molecule has 27 heavy (non-hydrogen) atoms. The molecule has 0 aliphatic carbocycles. The number of nitrogens with zero attached hydrogens (tertiary/aromatic N) is 4. The maximum atomic E-state index is 13.0. The number of fused-ring (bicyclic) bond motifs is 1. The van der Waals surface area contributed by atoms with E-state index in [-0.39, 0.29) is 5.56 Å². The molecule has 2 heterocycles. The van der Waals surface area contributed by atoms with E-state index in [4.69, 9.17) is 16.1 Å². The Bertz CT molecular complexity index is 983. The SMILES string of the molecule is CCCc1nc(CSc2nc3cc(Cl)ccc3c(=O)n2CCC(C)C)no1. The van der Waals surface area contributed by atoms with E-state index in [9.17, 15) is 4.79 Å². The molecule has 2 aromatic heterocycles. The second kappa shape index (κ2) is 8.89. The summed E-state index contributed by atoms with van der Waals surface area (Å²) in [5.74, 6) is 2.24. The summed E-state index contributed by atoms with van der Waals surface area (Å²) in [6.07, 6.45) is 2.62. The molecule has 3 rings (SSSR count). The van der Waals surface area contributed by atoms with Gasteiger partial charge >= 0.3 is 0 Å². The zero-order chi connectivity index (χ0) is 19.4. The van der Waals surface area contributed by atoms with E-state index in [0.29, 0.717) is 51.0 Å². The van der Waals surface area contributed by atoms with Crippen LogP contribution in [-0.2, 0) is 18.7 Å². The van der Waals surface area contributed by atoms with Gasteiger partial charge in [-0.1, -0.05) is 49.3 Å². The lowest BCUT2D eigenvalue weighted by Gasteiger charge is -2.14. The Kier molecular flexibility index (Phi) is 6.55. The molecule has 0 atom stereocenters. The fourth-order valence-corrected chi connectivity index (χ4v) is 3.70. The van der Waals surface area contributed by atoms with Crippen molar-refractivity contribution in [1.29, 1.82) is 0 Å². The third-order valence-electron chi connectivity index (χ3n) is 4.12. The summed E-state index contributed by atoms with van der Waals surface area (Å²) in [5.41, 5.74) is 0.565. The smallest absolute Gasteiger partial charge is 0.262 e. The molecule has 0 fully saturated rings. The van der Waals surface area contributed by atoms with Gasteiger partial charge in [-0.05, 0) is 37.0 Å². The van der Waals surface area contributed by atoms with Crippen LogP contribution in [0.3, 0.4) is 0 Å². The predicted molar refractivity (Wildman–Crippen MR) is 108 cm³/mol. The summed E-state index contributed by atoms with van der Waals surface area (Å²) in [6, 6.07) is 5.19. The number of hydrogen-bond donors (Lipinski definition) is 0. The molecule has 3 aromatic rings. The molecule has 8 heteroatoms. The van der Waals surface area contributed by atoms with Gasteiger partial charge in [0, 0.05) is 18.0 Å². The predicted octanol–water partition coefficient (Wildman–Crippen LogP) is 4.72. The van der Waals surface area contributed by atoms with Crippen LogP contribution in [0.5, 0.6) is 0 Å². The van der Waals surface area contributed by atoms with E-state index in [0.717, 1.165) is 19.3 Å². The number of aromatic nitrogens is 4. The molecule has 144 valence electrons. The number of benzene rings is 1. The fourth-order valence-electron chi connectivity index (χ4n) is 2.66. The van der Waals surface area contributed by atoms with E-state index in [1.54, 1.807) is 22.8 Å². The van der Waals surface area contributed by atoms with Gasteiger partial charge in [0.1, 0.15) is 0 Å². The number of hydrogen-bond acceptors (Lipinski definition) is 6. The molecule has 0 amide bonds. The van der Waals surface area contributed by atoms with E-state index in [2.05, 4.69) is 35.9 Å². The summed E-state index contributed by atoms with van der Waals surface area (Å²) >= 11 is 7.53. The zero-order valence-electron chi connectivity index (χ0n) is 15.7. The summed E-state index contributed by atoms with van der Waals surface area (Å²) in [7, 11) is 0. The van der Waals surface area contributed by atoms with Crippen LogP contribution in [0.4, 0.5) is 0 Å². The number of thioether (sulfide) groups is 1. The van der Waals surface area contributed by atoms with Crippen molar-refractivity contribution in [3.8, 4) is 0 Å². The van der Waals surface area contributed by atoms with Crippen molar-refractivity contribution in [2.45, 2.75) is 57.5 Å². The lowest BCUT2D eigenvalue weighted by molar-refractivity contribution is 0.373. The summed E-state index contributed by atoms with van der Waals surface area (Å²) in [5, 5.41) is 5.80. The Morgan fingerprint density at radius 1 is 1.30 bits per heavy atom.